The number of anilines is 2. The van der Waals surface area contributed by atoms with Gasteiger partial charge in [0.15, 0.2) is 11.6 Å². The highest BCUT2D eigenvalue weighted by molar-refractivity contribution is 5.96. The maximum absolute atomic E-state index is 13.7. The SMILES string of the molecule is COCCCNC(=O)c1cc2c(N3CCOCC3)nc(-c3cnc(N)cc3C(F)(F)F)nn2c1. The fourth-order valence-electron chi connectivity index (χ4n) is 3.63. The lowest BCUT2D eigenvalue weighted by Gasteiger charge is -2.28. The average molecular weight is 479 g/mol. The van der Waals surface area contributed by atoms with Gasteiger partial charge < -0.3 is 25.4 Å². The standard InChI is InChI=1S/C21H24F3N7O3/c1-33-6-2-3-26-20(32)13-9-16-19(30-4-7-34-8-5-30)28-18(29-31(16)12-13)14-11-27-17(25)10-15(14)21(22,23)24/h9-12H,2-8H2,1H3,(H2,25,27)(H,26,32). The Morgan fingerprint density at radius 2 is 2.06 bits per heavy atom. The molecule has 1 saturated heterocycles. The van der Waals surface area contributed by atoms with E-state index in [4.69, 9.17) is 15.2 Å². The zero-order chi connectivity index (χ0) is 24.3. The summed E-state index contributed by atoms with van der Waals surface area (Å²) in [6, 6.07) is 2.37. The number of nitrogens with two attached hydrogens (primary N) is 1. The number of nitrogens with zero attached hydrogens (tertiary/aromatic N) is 5. The lowest BCUT2D eigenvalue weighted by atomic mass is 10.1. The second-order valence-corrected chi connectivity index (χ2v) is 7.67. The largest absolute Gasteiger partial charge is 0.417 e. The van der Waals surface area contributed by atoms with Crippen LogP contribution in [0, 0.1) is 0 Å². The van der Waals surface area contributed by atoms with E-state index in [1.807, 2.05) is 4.90 Å². The number of amides is 1. The molecule has 13 heteroatoms. The highest BCUT2D eigenvalue weighted by atomic mass is 19.4. The van der Waals surface area contributed by atoms with Gasteiger partial charge in [0.2, 0.25) is 0 Å². The van der Waals surface area contributed by atoms with E-state index in [0.717, 1.165) is 12.3 Å². The van der Waals surface area contributed by atoms with Crippen LogP contribution in [-0.4, -0.2) is 72.1 Å². The number of carbonyl (C=O) groups excluding carboxylic acids is 1. The van der Waals surface area contributed by atoms with Gasteiger partial charge in [-0.1, -0.05) is 0 Å². The number of fused-ring (bicyclic) bond motifs is 1. The Morgan fingerprint density at radius 1 is 1.29 bits per heavy atom. The van der Waals surface area contributed by atoms with Gasteiger partial charge in [-0.2, -0.15) is 13.2 Å². The molecule has 0 bridgehead atoms. The monoisotopic (exact) mass is 479 g/mol. The number of nitrogen functional groups attached to an aromatic ring is 1. The number of carbonyl (C=O) groups is 1. The van der Waals surface area contributed by atoms with Crippen molar-refractivity contribution in [2.24, 2.45) is 0 Å². The first kappa shape index (κ1) is 23.7. The van der Waals surface area contributed by atoms with Crippen LogP contribution in [0.2, 0.25) is 0 Å². The van der Waals surface area contributed by atoms with Gasteiger partial charge in [0.1, 0.15) is 11.3 Å². The Kier molecular flexibility index (Phi) is 6.84. The Morgan fingerprint density at radius 3 is 2.76 bits per heavy atom. The number of morpholine rings is 1. The molecule has 0 saturated carbocycles. The van der Waals surface area contributed by atoms with E-state index in [2.05, 4.69) is 20.4 Å². The lowest BCUT2D eigenvalue weighted by Crippen LogP contribution is -2.37. The zero-order valence-electron chi connectivity index (χ0n) is 18.4. The van der Waals surface area contributed by atoms with Gasteiger partial charge in [-0.3, -0.25) is 4.79 Å². The second-order valence-electron chi connectivity index (χ2n) is 7.67. The number of halogens is 3. The maximum atomic E-state index is 13.7. The van der Waals surface area contributed by atoms with Crippen LogP contribution in [-0.2, 0) is 15.7 Å². The Labute approximate surface area is 192 Å². The first-order chi connectivity index (χ1) is 16.3. The van der Waals surface area contributed by atoms with Gasteiger partial charge in [-0.25, -0.2) is 14.5 Å². The summed E-state index contributed by atoms with van der Waals surface area (Å²) < 4.78 is 52.9. The molecule has 1 aliphatic rings. The highest BCUT2D eigenvalue weighted by Crippen LogP contribution is 2.37. The highest BCUT2D eigenvalue weighted by Gasteiger charge is 2.35. The van der Waals surface area contributed by atoms with Crippen molar-refractivity contribution in [3.8, 4) is 11.4 Å². The summed E-state index contributed by atoms with van der Waals surface area (Å²) in [4.78, 5) is 22.8. The molecule has 1 aliphatic heterocycles. The van der Waals surface area contributed by atoms with Crippen LogP contribution in [0.1, 0.15) is 22.3 Å². The van der Waals surface area contributed by atoms with Crippen LogP contribution in [0.15, 0.2) is 24.5 Å². The molecule has 0 spiro atoms. The van der Waals surface area contributed by atoms with E-state index < -0.39 is 11.7 Å². The van der Waals surface area contributed by atoms with Gasteiger partial charge in [-0.15, -0.1) is 5.10 Å². The smallest absolute Gasteiger partial charge is 0.385 e. The number of hydrogen-bond acceptors (Lipinski definition) is 8. The van der Waals surface area contributed by atoms with Crippen molar-refractivity contribution in [2.75, 3.05) is 57.2 Å². The summed E-state index contributed by atoms with van der Waals surface area (Å²) in [6.45, 7) is 2.78. The van der Waals surface area contributed by atoms with E-state index in [-0.39, 0.29) is 23.1 Å². The van der Waals surface area contributed by atoms with Gasteiger partial charge in [0, 0.05) is 45.7 Å². The van der Waals surface area contributed by atoms with Crippen LogP contribution in [0.3, 0.4) is 0 Å². The quantitative estimate of drug-likeness (QED) is 0.494. The van der Waals surface area contributed by atoms with Crippen molar-refractivity contribution >= 4 is 23.1 Å². The van der Waals surface area contributed by atoms with Crippen LogP contribution in [0.25, 0.3) is 16.9 Å². The van der Waals surface area contributed by atoms with E-state index in [9.17, 15) is 18.0 Å². The van der Waals surface area contributed by atoms with E-state index in [1.54, 1.807) is 13.2 Å². The Hall–Kier alpha value is -3.45. The van der Waals surface area contributed by atoms with Crippen molar-refractivity contribution < 1.29 is 27.4 Å². The van der Waals surface area contributed by atoms with Crippen LogP contribution in [0.4, 0.5) is 24.8 Å². The van der Waals surface area contributed by atoms with E-state index in [1.165, 1.54) is 10.7 Å². The number of ether oxygens (including phenoxy) is 2. The molecule has 3 aromatic heterocycles. The third-order valence-electron chi connectivity index (χ3n) is 5.30. The molecule has 1 amide bonds. The second kappa shape index (κ2) is 9.81. The molecule has 3 N–H and O–H groups in total. The summed E-state index contributed by atoms with van der Waals surface area (Å²) in [6.07, 6.45) is -1.57. The number of aromatic nitrogens is 4. The summed E-state index contributed by atoms with van der Waals surface area (Å²) in [7, 11) is 1.58. The topological polar surface area (TPSA) is 120 Å². The Balaban J connectivity index is 1.80. The van der Waals surface area contributed by atoms with Crippen molar-refractivity contribution in [1.29, 1.82) is 0 Å². The molecule has 0 unspecified atom stereocenters. The number of nitrogens with one attached hydrogen (secondary N) is 1. The van der Waals surface area contributed by atoms with Crippen LogP contribution >= 0.6 is 0 Å². The molecule has 4 rings (SSSR count). The van der Waals surface area contributed by atoms with Crippen molar-refractivity contribution in [1.82, 2.24) is 24.9 Å². The number of methoxy groups -OCH3 is 1. The normalized spacial score (nSPS) is 14.5. The molecule has 10 nitrogen and oxygen atoms in total. The minimum absolute atomic E-state index is 0.184. The predicted molar refractivity (Wildman–Crippen MR) is 117 cm³/mol. The number of hydrogen-bond donors (Lipinski definition) is 2. The van der Waals surface area contributed by atoms with Crippen molar-refractivity contribution in [3.63, 3.8) is 0 Å². The molecule has 0 radical (unpaired) electrons. The number of alkyl halides is 3. The summed E-state index contributed by atoms with van der Waals surface area (Å²) in [5, 5.41) is 7.07. The molecule has 4 heterocycles. The molecule has 0 atom stereocenters. The molecule has 0 aromatic carbocycles. The molecule has 3 aromatic rings. The number of pyridine rings is 1. The van der Waals surface area contributed by atoms with Crippen molar-refractivity contribution in [2.45, 2.75) is 12.6 Å². The summed E-state index contributed by atoms with van der Waals surface area (Å²) in [5.41, 5.74) is 5.01. The molecule has 0 aliphatic carbocycles. The van der Waals surface area contributed by atoms with Gasteiger partial charge in [0.25, 0.3) is 5.91 Å². The fraction of sp³-hybridized carbons (Fsp3) is 0.429. The van der Waals surface area contributed by atoms with E-state index in [0.29, 0.717) is 62.8 Å². The van der Waals surface area contributed by atoms with E-state index >= 15 is 0 Å². The lowest BCUT2D eigenvalue weighted by molar-refractivity contribution is -0.137. The Bertz CT molecular complexity index is 1180. The molecular formula is C21H24F3N7O3. The van der Waals surface area contributed by atoms with Crippen molar-refractivity contribution in [3.05, 3.63) is 35.7 Å². The minimum Gasteiger partial charge on any atom is -0.385 e. The molecule has 182 valence electrons. The van der Waals surface area contributed by atoms with Gasteiger partial charge in [0.05, 0.1) is 29.9 Å². The predicted octanol–water partition coefficient (Wildman–Crippen LogP) is 2.00. The van der Waals surface area contributed by atoms with Gasteiger partial charge in [-0.05, 0) is 18.6 Å². The number of rotatable bonds is 7. The summed E-state index contributed by atoms with van der Waals surface area (Å²) in [5.74, 6) is -0.381. The third-order valence-corrected chi connectivity index (χ3v) is 5.30. The molecular weight excluding hydrogens is 455 g/mol. The summed E-state index contributed by atoms with van der Waals surface area (Å²) >= 11 is 0. The first-order valence-electron chi connectivity index (χ1n) is 10.6. The fourth-order valence-corrected chi connectivity index (χ4v) is 3.63. The zero-order valence-corrected chi connectivity index (χ0v) is 18.4. The maximum Gasteiger partial charge on any atom is 0.417 e. The average Bonchev–Trinajstić information content (AvgIpc) is 3.25. The molecule has 1 fully saturated rings. The first-order valence-corrected chi connectivity index (χ1v) is 10.6. The van der Waals surface area contributed by atoms with Crippen LogP contribution < -0.4 is 16.0 Å². The minimum atomic E-state index is -4.69. The third kappa shape index (κ3) is 5.04. The molecule has 34 heavy (non-hydrogen) atoms. The van der Waals surface area contributed by atoms with Gasteiger partial charge >= 0.3 is 6.18 Å². The van der Waals surface area contributed by atoms with Crippen LogP contribution in [0.5, 0.6) is 0 Å².